The van der Waals surface area contributed by atoms with E-state index in [9.17, 15) is 4.79 Å². The Bertz CT molecular complexity index is 599. The molecule has 0 aliphatic heterocycles. The normalized spacial score (nSPS) is 10.9. The molecule has 1 N–H and O–H groups in total. The first kappa shape index (κ1) is 12.6. The molecular weight excluding hydrogens is 224 g/mol. The summed E-state index contributed by atoms with van der Waals surface area (Å²) in [4.78, 5) is 19.0. The van der Waals surface area contributed by atoms with Crippen molar-refractivity contribution in [2.75, 3.05) is 0 Å². The first-order valence-corrected chi connectivity index (χ1v) is 6.22. The average molecular weight is 242 g/mol. The number of aryl methyl sites for hydroxylation is 1. The summed E-state index contributed by atoms with van der Waals surface area (Å²) >= 11 is 0. The average Bonchev–Trinajstić information content (AvgIpc) is 2.27. The topological polar surface area (TPSA) is 45.8 Å². The lowest BCUT2D eigenvalue weighted by molar-refractivity contribution is 0.634. The van der Waals surface area contributed by atoms with E-state index < -0.39 is 0 Å². The lowest BCUT2D eigenvalue weighted by Gasteiger charge is -2.08. The Balaban J connectivity index is 2.49. The van der Waals surface area contributed by atoms with Gasteiger partial charge in [0, 0.05) is 17.3 Å². The maximum Gasteiger partial charge on any atom is 0.251 e. The highest BCUT2D eigenvalue weighted by atomic mass is 16.1. The van der Waals surface area contributed by atoms with Crippen LogP contribution in [0.2, 0.25) is 0 Å². The van der Waals surface area contributed by atoms with Crippen molar-refractivity contribution in [3.63, 3.8) is 0 Å². The van der Waals surface area contributed by atoms with Gasteiger partial charge in [-0.1, -0.05) is 38.1 Å². The fraction of sp³-hybridized carbons (Fsp3) is 0.333. The lowest BCUT2D eigenvalue weighted by Crippen LogP contribution is -2.12. The number of aromatic nitrogens is 2. The van der Waals surface area contributed by atoms with E-state index in [1.165, 1.54) is 0 Å². The molecule has 0 spiro atoms. The third kappa shape index (κ3) is 2.86. The second-order valence-electron chi connectivity index (χ2n) is 5.00. The standard InChI is InChI=1S/C15H18N2O/c1-10(2)8-12-9-14(18)17-15(16-12)13-7-5-4-6-11(13)3/h4-7,9-10H,8H2,1-3H3,(H,16,17,18). The number of hydrogen-bond donors (Lipinski definition) is 1. The zero-order valence-electron chi connectivity index (χ0n) is 11.0. The summed E-state index contributed by atoms with van der Waals surface area (Å²) in [5.74, 6) is 1.15. The molecule has 0 amide bonds. The van der Waals surface area contributed by atoms with E-state index in [0.29, 0.717) is 11.7 Å². The number of nitrogens with one attached hydrogen (secondary N) is 1. The minimum absolute atomic E-state index is 0.0843. The van der Waals surface area contributed by atoms with Crippen LogP contribution in [0.5, 0.6) is 0 Å². The van der Waals surface area contributed by atoms with E-state index in [-0.39, 0.29) is 5.56 Å². The minimum Gasteiger partial charge on any atom is -0.307 e. The molecule has 1 aromatic heterocycles. The highest BCUT2D eigenvalue weighted by molar-refractivity contribution is 5.59. The Hall–Kier alpha value is -1.90. The zero-order chi connectivity index (χ0) is 13.1. The molecule has 0 saturated carbocycles. The van der Waals surface area contributed by atoms with Crippen LogP contribution in [0.4, 0.5) is 0 Å². The van der Waals surface area contributed by atoms with Gasteiger partial charge in [0.25, 0.3) is 5.56 Å². The molecule has 0 aliphatic rings. The van der Waals surface area contributed by atoms with Crippen molar-refractivity contribution in [1.29, 1.82) is 0 Å². The summed E-state index contributed by atoms with van der Waals surface area (Å²) in [5, 5.41) is 0. The highest BCUT2D eigenvalue weighted by Gasteiger charge is 2.07. The van der Waals surface area contributed by atoms with Crippen LogP contribution < -0.4 is 5.56 Å². The van der Waals surface area contributed by atoms with Crippen molar-refractivity contribution < 1.29 is 0 Å². The first-order valence-electron chi connectivity index (χ1n) is 6.22. The smallest absolute Gasteiger partial charge is 0.251 e. The fourth-order valence-electron chi connectivity index (χ4n) is 2.00. The van der Waals surface area contributed by atoms with Crippen molar-refractivity contribution in [3.05, 3.63) is 51.9 Å². The Labute approximate surface area is 107 Å². The van der Waals surface area contributed by atoms with Crippen LogP contribution >= 0.6 is 0 Å². The van der Waals surface area contributed by atoms with E-state index in [1.54, 1.807) is 6.07 Å². The molecule has 18 heavy (non-hydrogen) atoms. The molecule has 3 heteroatoms. The Morgan fingerprint density at radius 2 is 2.00 bits per heavy atom. The van der Waals surface area contributed by atoms with Gasteiger partial charge in [-0.15, -0.1) is 0 Å². The third-order valence-electron chi connectivity index (χ3n) is 2.81. The zero-order valence-corrected chi connectivity index (χ0v) is 11.0. The second-order valence-corrected chi connectivity index (χ2v) is 5.00. The molecule has 3 nitrogen and oxygen atoms in total. The van der Waals surface area contributed by atoms with Gasteiger partial charge in [0.05, 0.1) is 0 Å². The number of aromatic amines is 1. The molecule has 0 saturated heterocycles. The predicted octanol–water partition coefficient (Wildman–Crippen LogP) is 2.94. The molecule has 0 atom stereocenters. The minimum atomic E-state index is -0.0843. The summed E-state index contributed by atoms with van der Waals surface area (Å²) in [5.41, 5.74) is 2.87. The van der Waals surface area contributed by atoms with Gasteiger partial charge in [-0.25, -0.2) is 4.98 Å². The Morgan fingerprint density at radius 1 is 1.28 bits per heavy atom. The lowest BCUT2D eigenvalue weighted by atomic mass is 10.1. The van der Waals surface area contributed by atoms with Crippen LogP contribution in [-0.2, 0) is 6.42 Å². The van der Waals surface area contributed by atoms with Crippen LogP contribution in [0.25, 0.3) is 11.4 Å². The van der Waals surface area contributed by atoms with E-state index in [1.807, 2.05) is 31.2 Å². The van der Waals surface area contributed by atoms with Crippen molar-refractivity contribution in [2.24, 2.45) is 5.92 Å². The SMILES string of the molecule is Cc1ccccc1-c1nc(CC(C)C)cc(=O)[nH]1. The third-order valence-corrected chi connectivity index (χ3v) is 2.81. The molecular formula is C15H18N2O. The first-order chi connectivity index (χ1) is 8.56. The predicted molar refractivity (Wildman–Crippen MR) is 73.6 cm³/mol. The highest BCUT2D eigenvalue weighted by Crippen LogP contribution is 2.18. The molecule has 2 rings (SSSR count). The van der Waals surface area contributed by atoms with Crippen molar-refractivity contribution in [3.8, 4) is 11.4 Å². The summed E-state index contributed by atoms with van der Waals surface area (Å²) in [6, 6.07) is 9.52. The fourth-order valence-corrected chi connectivity index (χ4v) is 2.00. The summed E-state index contributed by atoms with van der Waals surface area (Å²) < 4.78 is 0. The number of rotatable bonds is 3. The van der Waals surface area contributed by atoms with Crippen LogP contribution in [-0.4, -0.2) is 9.97 Å². The molecule has 0 fully saturated rings. The Kier molecular flexibility index (Phi) is 3.60. The van der Waals surface area contributed by atoms with E-state index >= 15 is 0 Å². The molecule has 1 heterocycles. The largest absolute Gasteiger partial charge is 0.307 e. The summed E-state index contributed by atoms with van der Waals surface area (Å²) in [7, 11) is 0. The monoisotopic (exact) mass is 242 g/mol. The van der Waals surface area contributed by atoms with Gasteiger partial charge in [-0.3, -0.25) is 4.79 Å². The second kappa shape index (κ2) is 5.17. The number of hydrogen-bond acceptors (Lipinski definition) is 2. The van der Waals surface area contributed by atoms with Crippen LogP contribution in [0, 0.1) is 12.8 Å². The van der Waals surface area contributed by atoms with Crippen molar-refractivity contribution in [1.82, 2.24) is 9.97 Å². The number of H-pyrrole nitrogens is 1. The van der Waals surface area contributed by atoms with Crippen LogP contribution in [0.1, 0.15) is 25.1 Å². The summed E-state index contributed by atoms with van der Waals surface area (Å²) in [6.07, 6.45) is 0.822. The number of nitrogens with zero attached hydrogens (tertiary/aromatic N) is 1. The van der Waals surface area contributed by atoms with E-state index in [0.717, 1.165) is 23.2 Å². The van der Waals surface area contributed by atoms with Gasteiger partial charge in [0.2, 0.25) is 0 Å². The van der Waals surface area contributed by atoms with Crippen LogP contribution in [0.3, 0.4) is 0 Å². The Morgan fingerprint density at radius 3 is 2.67 bits per heavy atom. The molecule has 0 unspecified atom stereocenters. The van der Waals surface area contributed by atoms with Gasteiger partial charge in [-0.2, -0.15) is 0 Å². The molecule has 1 aromatic carbocycles. The maximum atomic E-state index is 11.7. The molecule has 0 bridgehead atoms. The molecule has 2 aromatic rings. The van der Waals surface area contributed by atoms with E-state index in [4.69, 9.17) is 0 Å². The van der Waals surface area contributed by atoms with Crippen molar-refractivity contribution >= 4 is 0 Å². The van der Waals surface area contributed by atoms with Crippen LogP contribution in [0.15, 0.2) is 35.1 Å². The molecule has 94 valence electrons. The molecule has 0 radical (unpaired) electrons. The van der Waals surface area contributed by atoms with Gasteiger partial charge in [0.1, 0.15) is 5.82 Å². The summed E-state index contributed by atoms with van der Waals surface area (Å²) in [6.45, 7) is 6.26. The molecule has 0 aliphatic carbocycles. The van der Waals surface area contributed by atoms with Gasteiger partial charge >= 0.3 is 0 Å². The van der Waals surface area contributed by atoms with Gasteiger partial charge in [-0.05, 0) is 24.8 Å². The number of benzene rings is 1. The van der Waals surface area contributed by atoms with E-state index in [2.05, 4.69) is 23.8 Å². The van der Waals surface area contributed by atoms with Gasteiger partial charge < -0.3 is 4.98 Å². The maximum absolute atomic E-state index is 11.7. The quantitative estimate of drug-likeness (QED) is 0.899. The van der Waals surface area contributed by atoms with Gasteiger partial charge in [0.15, 0.2) is 0 Å². The van der Waals surface area contributed by atoms with Crippen molar-refractivity contribution in [2.45, 2.75) is 27.2 Å².